The first-order valence-electron chi connectivity index (χ1n) is 11.3. The molecule has 0 radical (unpaired) electrons. The molecule has 0 aliphatic heterocycles. The van der Waals surface area contributed by atoms with Crippen molar-refractivity contribution < 1.29 is 4.74 Å². The smallest absolute Gasteiger partial charge is 0.0481 e. The molecule has 0 spiro atoms. The van der Waals surface area contributed by atoms with Gasteiger partial charge in [0.05, 0.1) is 0 Å². The third-order valence-electron chi connectivity index (χ3n) is 5.25. The van der Waals surface area contributed by atoms with E-state index in [4.69, 9.17) is 4.74 Å². The summed E-state index contributed by atoms with van der Waals surface area (Å²) < 4.78 is 5.92. The summed E-state index contributed by atoms with van der Waals surface area (Å²) in [4.78, 5) is 5.61. The Morgan fingerprint density at radius 1 is 0.700 bits per heavy atom. The van der Waals surface area contributed by atoms with E-state index in [9.17, 15) is 0 Å². The second kappa shape index (κ2) is 14.5. The summed E-state index contributed by atoms with van der Waals surface area (Å²) in [7, 11) is 0. The third kappa shape index (κ3) is 8.16. The fraction of sp³-hybridized carbons (Fsp3) is 0.520. The molecule has 164 valence electrons. The first-order chi connectivity index (χ1) is 14.9. The lowest BCUT2D eigenvalue weighted by Gasteiger charge is -2.05. The van der Waals surface area contributed by atoms with Crippen LogP contribution in [0.5, 0.6) is 0 Å². The van der Waals surface area contributed by atoms with Crippen molar-refractivity contribution in [1.29, 1.82) is 0 Å². The highest BCUT2D eigenvalue weighted by Gasteiger charge is 2.13. The Kier molecular flexibility index (Phi) is 11.6. The maximum absolute atomic E-state index is 5.92. The average molecular weight is 479 g/mol. The Labute approximate surface area is 199 Å². The van der Waals surface area contributed by atoms with Gasteiger partial charge in [-0.1, -0.05) is 50.7 Å². The van der Waals surface area contributed by atoms with Crippen LogP contribution in [0.3, 0.4) is 0 Å². The van der Waals surface area contributed by atoms with E-state index in [1.807, 2.05) is 34.0 Å². The number of thiophene rings is 3. The Morgan fingerprint density at radius 2 is 1.33 bits per heavy atom. The molecule has 0 aliphatic carbocycles. The van der Waals surface area contributed by atoms with E-state index < -0.39 is 0 Å². The Hall–Kier alpha value is -0.590. The van der Waals surface area contributed by atoms with E-state index in [2.05, 4.69) is 53.7 Å². The van der Waals surface area contributed by atoms with Crippen LogP contribution in [0.15, 0.2) is 41.1 Å². The summed E-state index contributed by atoms with van der Waals surface area (Å²) in [5, 5.41) is 4.34. The van der Waals surface area contributed by atoms with Gasteiger partial charge in [-0.05, 0) is 66.0 Å². The Balaban J connectivity index is 1.32. The fourth-order valence-electron chi connectivity index (χ4n) is 3.61. The minimum Gasteiger partial charge on any atom is -0.381 e. The number of hydrogen-bond acceptors (Lipinski definition) is 5. The van der Waals surface area contributed by atoms with E-state index in [1.165, 1.54) is 76.4 Å². The monoisotopic (exact) mass is 478 g/mol. The highest BCUT2D eigenvalue weighted by Crippen LogP contribution is 2.41. The van der Waals surface area contributed by atoms with E-state index >= 15 is 0 Å². The van der Waals surface area contributed by atoms with Gasteiger partial charge in [0.25, 0.3) is 0 Å². The molecule has 3 aromatic rings. The second-order valence-corrected chi connectivity index (χ2v) is 11.1. The van der Waals surface area contributed by atoms with Gasteiger partial charge in [0.2, 0.25) is 0 Å². The van der Waals surface area contributed by atoms with Crippen molar-refractivity contribution in [1.82, 2.24) is 0 Å². The third-order valence-corrected chi connectivity index (χ3v) is 8.86. The molecule has 0 saturated heterocycles. The van der Waals surface area contributed by atoms with Gasteiger partial charge < -0.3 is 4.74 Å². The standard InChI is InChI=1S/C25H34OS4/c27-17-8-6-4-2-1-3-5-7-15-26-16-9-12-21-20-24(22-13-10-18-28-22)30-25(21)23-14-11-19-29-23/h10-11,13-14,18-20,27H,1-9,12,15-17H2. The van der Waals surface area contributed by atoms with Crippen molar-refractivity contribution in [3.8, 4) is 19.5 Å². The van der Waals surface area contributed by atoms with Crippen LogP contribution in [0, 0.1) is 0 Å². The molecular weight excluding hydrogens is 445 g/mol. The van der Waals surface area contributed by atoms with Gasteiger partial charge in [0, 0.05) is 32.7 Å². The number of rotatable bonds is 16. The molecule has 0 unspecified atom stereocenters. The van der Waals surface area contributed by atoms with Crippen LogP contribution in [-0.2, 0) is 11.2 Å². The summed E-state index contributed by atoms with van der Waals surface area (Å²) in [5.74, 6) is 1.04. The van der Waals surface area contributed by atoms with Gasteiger partial charge in [-0.2, -0.15) is 12.6 Å². The predicted molar refractivity (Wildman–Crippen MR) is 141 cm³/mol. The van der Waals surface area contributed by atoms with Crippen LogP contribution in [-0.4, -0.2) is 19.0 Å². The maximum Gasteiger partial charge on any atom is 0.0481 e. The van der Waals surface area contributed by atoms with Crippen molar-refractivity contribution in [3.05, 3.63) is 46.7 Å². The zero-order valence-corrected chi connectivity index (χ0v) is 21.2. The minimum atomic E-state index is 0.873. The largest absolute Gasteiger partial charge is 0.381 e. The van der Waals surface area contributed by atoms with Gasteiger partial charge in [-0.15, -0.1) is 34.0 Å². The number of hydrogen-bond donors (Lipinski definition) is 1. The Morgan fingerprint density at radius 3 is 2.00 bits per heavy atom. The quantitative estimate of drug-likeness (QED) is 0.159. The van der Waals surface area contributed by atoms with Crippen LogP contribution in [0.1, 0.15) is 63.4 Å². The summed E-state index contributed by atoms with van der Waals surface area (Å²) in [5.41, 5.74) is 1.48. The lowest BCUT2D eigenvalue weighted by Crippen LogP contribution is -1.99. The zero-order valence-electron chi connectivity index (χ0n) is 17.8. The topological polar surface area (TPSA) is 9.23 Å². The molecule has 0 aliphatic rings. The molecule has 3 heterocycles. The Bertz CT molecular complexity index is 789. The van der Waals surface area contributed by atoms with Crippen molar-refractivity contribution in [2.24, 2.45) is 0 Å². The molecule has 5 heteroatoms. The lowest BCUT2D eigenvalue weighted by atomic mass is 10.1. The molecule has 1 nitrogen and oxygen atoms in total. The molecular formula is C25H34OS4. The number of thiol groups is 1. The SMILES string of the molecule is SCCCCCCCCCCOCCCc1cc(-c2cccs2)sc1-c1cccs1. The molecule has 0 bridgehead atoms. The first-order valence-corrected chi connectivity index (χ1v) is 14.5. The normalized spacial score (nSPS) is 11.4. The molecule has 0 saturated carbocycles. The van der Waals surface area contributed by atoms with E-state index in [-0.39, 0.29) is 0 Å². The van der Waals surface area contributed by atoms with Crippen molar-refractivity contribution in [3.63, 3.8) is 0 Å². The van der Waals surface area contributed by atoms with Gasteiger partial charge >= 0.3 is 0 Å². The second-order valence-electron chi connectivity index (χ2n) is 7.69. The summed E-state index contributed by atoms with van der Waals surface area (Å²) in [6.45, 7) is 1.79. The van der Waals surface area contributed by atoms with Gasteiger partial charge in [-0.25, -0.2) is 0 Å². The zero-order chi connectivity index (χ0) is 20.9. The van der Waals surface area contributed by atoms with Gasteiger partial charge in [0.15, 0.2) is 0 Å². The molecule has 0 fully saturated rings. The van der Waals surface area contributed by atoms with Crippen molar-refractivity contribution >= 4 is 46.6 Å². The number of ether oxygens (including phenoxy) is 1. The van der Waals surface area contributed by atoms with Crippen LogP contribution < -0.4 is 0 Å². The molecule has 30 heavy (non-hydrogen) atoms. The summed E-state index contributed by atoms with van der Waals surface area (Å²) in [6, 6.07) is 11.2. The first kappa shape index (κ1) is 24.1. The average Bonchev–Trinajstić information content (AvgIpc) is 3.52. The molecule has 0 N–H and O–H groups in total. The highest BCUT2D eigenvalue weighted by molar-refractivity contribution is 7.80. The van der Waals surface area contributed by atoms with E-state index in [0.717, 1.165) is 31.8 Å². The maximum atomic E-state index is 5.92. The lowest BCUT2D eigenvalue weighted by molar-refractivity contribution is 0.127. The molecule has 0 aromatic carbocycles. The van der Waals surface area contributed by atoms with Crippen molar-refractivity contribution in [2.75, 3.05) is 19.0 Å². The van der Waals surface area contributed by atoms with Crippen LogP contribution in [0.25, 0.3) is 19.5 Å². The molecule has 3 aromatic heterocycles. The molecule has 3 rings (SSSR count). The van der Waals surface area contributed by atoms with Crippen LogP contribution in [0.2, 0.25) is 0 Å². The van der Waals surface area contributed by atoms with Crippen LogP contribution >= 0.6 is 46.6 Å². The highest BCUT2D eigenvalue weighted by atomic mass is 32.1. The van der Waals surface area contributed by atoms with E-state index in [1.54, 1.807) is 0 Å². The minimum absolute atomic E-state index is 0.873. The molecule has 0 atom stereocenters. The van der Waals surface area contributed by atoms with Crippen molar-refractivity contribution in [2.45, 2.75) is 64.2 Å². The summed E-state index contributed by atoms with van der Waals surface area (Å²) >= 11 is 9.87. The fourth-order valence-corrected chi connectivity index (χ4v) is 6.76. The van der Waals surface area contributed by atoms with Gasteiger partial charge in [-0.3, -0.25) is 0 Å². The number of aryl methyl sites for hydroxylation is 1. The predicted octanol–water partition coefficient (Wildman–Crippen LogP) is 9.20. The van der Waals surface area contributed by atoms with E-state index in [0.29, 0.717) is 0 Å². The number of unbranched alkanes of at least 4 members (excludes halogenated alkanes) is 7. The summed E-state index contributed by atoms with van der Waals surface area (Å²) in [6.07, 6.45) is 12.8. The molecule has 0 amide bonds. The van der Waals surface area contributed by atoms with Crippen LogP contribution in [0.4, 0.5) is 0 Å². The van der Waals surface area contributed by atoms with Gasteiger partial charge in [0.1, 0.15) is 0 Å².